The lowest BCUT2D eigenvalue weighted by atomic mass is 10.1. The number of rotatable bonds is 12. The second kappa shape index (κ2) is 11.7. The lowest BCUT2D eigenvalue weighted by Crippen LogP contribution is -2.22. The molecule has 1 aromatic carbocycles. The molecule has 0 fully saturated rings. The lowest BCUT2D eigenvalue weighted by Gasteiger charge is -2.08. The first-order chi connectivity index (χ1) is 10.2. The zero-order chi connectivity index (χ0) is 15.3. The van der Waals surface area contributed by atoms with Gasteiger partial charge in [0.1, 0.15) is 0 Å². The van der Waals surface area contributed by atoms with Gasteiger partial charge in [-0.25, -0.2) is 0 Å². The van der Waals surface area contributed by atoms with Crippen LogP contribution in [0, 0.1) is 5.92 Å². The van der Waals surface area contributed by atoms with Gasteiger partial charge in [-0.15, -0.1) is 0 Å². The minimum Gasteiger partial charge on any atom is -0.379 e. The average molecular weight is 293 g/mol. The number of benzene rings is 1. The number of nitrogens with one attached hydrogen (secondary N) is 1. The minimum absolute atomic E-state index is 0.668. The fourth-order valence-electron chi connectivity index (χ4n) is 1.98. The van der Waals surface area contributed by atoms with Crippen molar-refractivity contribution in [3.8, 4) is 0 Å². The van der Waals surface area contributed by atoms with Gasteiger partial charge in [-0.1, -0.05) is 45.0 Å². The Morgan fingerprint density at radius 2 is 1.62 bits per heavy atom. The van der Waals surface area contributed by atoms with Crippen molar-refractivity contribution in [2.75, 3.05) is 32.9 Å². The minimum atomic E-state index is 0.668. The second-order valence-corrected chi connectivity index (χ2v) is 5.83. The van der Waals surface area contributed by atoms with Gasteiger partial charge in [0.2, 0.25) is 0 Å². The Bertz CT molecular complexity index is 349. The van der Waals surface area contributed by atoms with Crippen LogP contribution in [-0.2, 0) is 22.5 Å². The molecule has 0 aromatic heterocycles. The highest BCUT2D eigenvalue weighted by Gasteiger charge is 1.97. The van der Waals surface area contributed by atoms with E-state index in [2.05, 4.69) is 50.4 Å². The van der Waals surface area contributed by atoms with Crippen LogP contribution in [0.25, 0.3) is 0 Å². The number of ether oxygens (including phenoxy) is 2. The van der Waals surface area contributed by atoms with E-state index in [0.717, 1.165) is 32.5 Å². The van der Waals surface area contributed by atoms with E-state index in [9.17, 15) is 0 Å². The smallest absolute Gasteiger partial charge is 0.0718 e. The van der Waals surface area contributed by atoms with Crippen LogP contribution < -0.4 is 5.32 Å². The summed E-state index contributed by atoms with van der Waals surface area (Å²) in [5, 5.41) is 3.47. The molecule has 0 amide bonds. The van der Waals surface area contributed by atoms with E-state index in [1.807, 2.05) is 0 Å². The Kier molecular flexibility index (Phi) is 10.1. The van der Waals surface area contributed by atoms with Crippen LogP contribution in [0.15, 0.2) is 24.3 Å². The standard InChI is InChI=1S/C18H31NO2/c1-4-11-20-12-13-21-15-18-7-5-17(6-8-18)9-10-19-14-16(2)3/h5-8,16,19H,4,9-15H2,1-3H3. The quantitative estimate of drug-likeness (QED) is 0.599. The highest BCUT2D eigenvalue weighted by atomic mass is 16.5. The van der Waals surface area contributed by atoms with Gasteiger partial charge in [0, 0.05) is 6.61 Å². The Balaban J connectivity index is 2.12. The van der Waals surface area contributed by atoms with Crippen LogP contribution in [0.5, 0.6) is 0 Å². The molecule has 0 spiro atoms. The zero-order valence-electron chi connectivity index (χ0n) is 13.9. The molecule has 3 heteroatoms. The molecule has 0 atom stereocenters. The summed E-state index contributed by atoms with van der Waals surface area (Å²) in [6.45, 7) is 11.6. The first-order valence-electron chi connectivity index (χ1n) is 8.16. The molecule has 120 valence electrons. The first kappa shape index (κ1) is 18.1. The van der Waals surface area contributed by atoms with Crippen LogP contribution in [0.2, 0.25) is 0 Å². The van der Waals surface area contributed by atoms with E-state index in [0.29, 0.717) is 25.7 Å². The number of hydrogen-bond acceptors (Lipinski definition) is 3. The topological polar surface area (TPSA) is 30.5 Å². The third-order valence-corrected chi connectivity index (χ3v) is 3.16. The fourth-order valence-corrected chi connectivity index (χ4v) is 1.98. The van der Waals surface area contributed by atoms with Gasteiger partial charge in [0.05, 0.1) is 19.8 Å². The summed E-state index contributed by atoms with van der Waals surface area (Å²) in [6, 6.07) is 8.71. The van der Waals surface area contributed by atoms with Crippen molar-refractivity contribution < 1.29 is 9.47 Å². The molecule has 0 saturated carbocycles. The zero-order valence-corrected chi connectivity index (χ0v) is 13.9. The van der Waals surface area contributed by atoms with Crippen molar-refractivity contribution >= 4 is 0 Å². The highest BCUT2D eigenvalue weighted by Crippen LogP contribution is 2.06. The molecular weight excluding hydrogens is 262 g/mol. The van der Waals surface area contributed by atoms with Gasteiger partial charge in [-0.05, 0) is 43.0 Å². The molecule has 1 aromatic rings. The summed E-state index contributed by atoms with van der Waals surface area (Å²) in [4.78, 5) is 0. The summed E-state index contributed by atoms with van der Waals surface area (Å²) >= 11 is 0. The van der Waals surface area contributed by atoms with E-state index < -0.39 is 0 Å². The van der Waals surface area contributed by atoms with Crippen molar-refractivity contribution in [3.63, 3.8) is 0 Å². The predicted octanol–water partition coefficient (Wildman–Crippen LogP) is 3.42. The molecule has 1 rings (SSSR count). The Morgan fingerprint density at radius 1 is 0.952 bits per heavy atom. The summed E-state index contributed by atoms with van der Waals surface area (Å²) in [5.41, 5.74) is 2.60. The molecule has 0 aliphatic heterocycles. The van der Waals surface area contributed by atoms with Gasteiger partial charge < -0.3 is 14.8 Å². The van der Waals surface area contributed by atoms with Crippen molar-refractivity contribution in [2.24, 2.45) is 5.92 Å². The van der Waals surface area contributed by atoms with E-state index >= 15 is 0 Å². The molecule has 0 saturated heterocycles. The van der Waals surface area contributed by atoms with Crippen molar-refractivity contribution in [2.45, 2.75) is 40.2 Å². The first-order valence-corrected chi connectivity index (χ1v) is 8.16. The summed E-state index contributed by atoms with van der Waals surface area (Å²) in [5.74, 6) is 0.714. The third-order valence-electron chi connectivity index (χ3n) is 3.16. The molecule has 0 radical (unpaired) electrons. The highest BCUT2D eigenvalue weighted by molar-refractivity contribution is 5.22. The van der Waals surface area contributed by atoms with Crippen molar-refractivity contribution in [1.82, 2.24) is 5.32 Å². The van der Waals surface area contributed by atoms with Crippen LogP contribution in [-0.4, -0.2) is 32.9 Å². The van der Waals surface area contributed by atoms with E-state index in [-0.39, 0.29) is 0 Å². The molecule has 3 nitrogen and oxygen atoms in total. The molecule has 0 unspecified atom stereocenters. The van der Waals surface area contributed by atoms with Gasteiger partial charge >= 0.3 is 0 Å². The fraction of sp³-hybridized carbons (Fsp3) is 0.667. The third kappa shape index (κ3) is 9.62. The molecule has 0 aliphatic carbocycles. The normalized spacial score (nSPS) is 11.2. The van der Waals surface area contributed by atoms with Gasteiger partial charge in [-0.2, -0.15) is 0 Å². The molecular formula is C18H31NO2. The maximum atomic E-state index is 5.59. The van der Waals surface area contributed by atoms with Gasteiger partial charge in [0.25, 0.3) is 0 Å². The van der Waals surface area contributed by atoms with Crippen LogP contribution in [0.4, 0.5) is 0 Å². The second-order valence-electron chi connectivity index (χ2n) is 5.83. The maximum Gasteiger partial charge on any atom is 0.0718 e. The lowest BCUT2D eigenvalue weighted by molar-refractivity contribution is 0.0408. The van der Waals surface area contributed by atoms with Crippen LogP contribution in [0.1, 0.15) is 38.3 Å². The van der Waals surface area contributed by atoms with E-state index in [1.54, 1.807) is 0 Å². The largest absolute Gasteiger partial charge is 0.379 e. The average Bonchev–Trinajstić information content (AvgIpc) is 2.48. The SMILES string of the molecule is CCCOCCOCc1ccc(CCNCC(C)C)cc1. The van der Waals surface area contributed by atoms with E-state index in [1.165, 1.54) is 11.1 Å². The Morgan fingerprint density at radius 3 is 2.29 bits per heavy atom. The Hall–Kier alpha value is -0.900. The molecule has 0 aliphatic rings. The van der Waals surface area contributed by atoms with Gasteiger partial charge in [-0.3, -0.25) is 0 Å². The number of hydrogen-bond donors (Lipinski definition) is 1. The predicted molar refractivity (Wildman–Crippen MR) is 88.6 cm³/mol. The Labute approximate surface area is 130 Å². The maximum absolute atomic E-state index is 5.59. The molecule has 0 bridgehead atoms. The van der Waals surface area contributed by atoms with Crippen LogP contribution >= 0.6 is 0 Å². The monoisotopic (exact) mass is 293 g/mol. The summed E-state index contributed by atoms with van der Waals surface area (Å²) in [6.07, 6.45) is 2.15. The molecule has 0 heterocycles. The van der Waals surface area contributed by atoms with E-state index in [4.69, 9.17) is 9.47 Å². The van der Waals surface area contributed by atoms with Crippen LogP contribution in [0.3, 0.4) is 0 Å². The van der Waals surface area contributed by atoms with Crippen molar-refractivity contribution in [1.29, 1.82) is 0 Å². The molecule has 1 N–H and O–H groups in total. The van der Waals surface area contributed by atoms with Crippen molar-refractivity contribution in [3.05, 3.63) is 35.4 Å². The van der Waals surface area contributed by atoms with Gasteiger partial charge in [0.15, 0.2) is 0 Å². The molecule has 21 heavy (non-hydrogen) atoms. The summed E-state index contributed by atoms with van der Waals surface area (Å²) in [7, 11) is 0. The summed E-state index contributed by atoms with van der Waals surface area (Å²) < 4.78 is 11.0.